The second-order valence-electron chi connectivity index (χ2n) is 4.28. The van der Waals surface area contributed by atoms with Crippen molar-refractivity contribution in [1.82, 2.24) is 5.32 Å². The van der Waals surface area contributed by atoms with Gasteiger partial charge in [0.15, 0.2) is 0 Å². The van der Waals surface area contributed by atoms with Crippen LogP contribution in [0.15, 0.2) is 18.2 Å². The Morgan fingerprint density at radius 1 is 1.24 bits per heavy atom. The number of benzene rings is 1. The Labute approximate surface area is 96.8 Å². The fourth-order valence-corrected chi connectivity index (χ4v) is 2.15. The van der Waals surface area contributed by atoms with E-state index in [1.165, 1.54) is 6.07 Å². The van der Waals surface area contributed by atoms with Crippen molar-refractivity contribution in [2.45, 2.75) is 24.9 Å². The van der Waals surface area contributed by atoms with Gasteiger partial charge in [-0.05, 0) is 43.0 Å². The van der Waals surface area contributed by atoms with Gasteiger partial charge in [0, 0.05) is 6.54 Å². The molecule has 1 atom stereocenters. The Morgan fingerprint density at radius 2 is 2.00 bits per heavy atom. The number of hydrogen-bond donors (Lipinski definition) is 1. The van der Waals surface area contributed by atoms with E-state index in [0.717, 1.165) is 31.5 Å². The summed E-state index contributed by atoms with van der Waals surface area (Å²) in [5.41, 5.74) is -0.605. The lowest BCUT2D eigenvalue weighted by atomic mass is 9.90. The van der Waals surface area contributed by atoms with Crippen molar-refractivity contribution in [2.24, 2.45) is 0 Å². The zero-order chi connectivity index (χ0) is 12.5. The van der Waals surface area contributed by atoms with Gasteiger partial charge < -0.3 is 5.32 Å². The van der Waals surface area contributed by atoms with Crippen molar-refractivity contribution in [3.05, 3.63) is 35.1 Å². The molecular formula is C12H13F4N. The van der Waals surface area contributed by atoms with Gasteiger partial charge in [-0.3, -0.25) is 0 Å². The van der Waals surface area contributed by atoms with Gasteiger partial charge in [0.1, 0.15) is 5.82 Å². The van der Waals surface area contributed by atoms with Gasteiger partial charge in [-0.15, -0.1) is 0 Å². The van der Waals surface area contributed by atoms with Gasteiger partial charge in [0.05, 0.1) is 5.56 Å². The Balaban J connectivity index is 2.30. The quantitative estimate of drug-likeness (QED) is 0.751. The topological polar surface area (TPSA) is 12.0 Å². The first-order valence-corrected chi connectivity index (χ1v) is 5.56. The largest absolute Gasteiger partial charge is 0.419 e. The normalized spacial score (nSPS) is 21.5. The molecule has 0 bridgehead atoms. The van der Waals surface area contributed by atoms with Crippen LogP contribution in [0.3, 0.4) is 0 Å². The van der Waals surface area contributed by atoms with E-state index in [4.69, 9.17) is 0 Å². The molecule has 2 rings (SSSR count). The van der Waals surface area contributed by atoms with Crippen molar-refractivity contribution < 1.29 is 17.6 Å². The zero-order valence-corrected chi connectivity index (χ0v) is 9.15. The molecule has 1 aromatic carbocycles. The summed E-state index contributed by atoms with van der Waals surface area (Å²) in [6, 6.07) is 3.29. The van der Waals surface area contributed by atoms with Crippen LogP contribution in [0, 0.1) is 5.82 Å². The second-order valence-corrected chi connectivity index (χ2v) is 4.28. The lowest BCUT2D eigenvalue weighted by Gasteiger charge is -2.23. The van der Waals surface area contributed by atoms with E-state index in [1.54, 1.807) is 0 Å². The van der Waals surface area contributed by atoms with E-state index in [-0.39, 0.29) is 5.92 Å². The molecule has 1 aliphatic rings. The number of hydrogen-bond acceptors (Lipinski definition) is 1. The highest BCUT2D eigenvalue weighted by Crippen LogP contribution is 2.34. The van der Waals surface area contributed by atoms with E-state index >= 15 is 0 Å². The van der Waals surface area contributed by atoms with Crippen LogP contribution < -0.4 is 5.32 Å². The van der Waals surface area contributed by atoms with Crippen molar-refractivity contribution in [2.75, 3.05) is 13.1 Å². The van der Waals surface area contributed by atoms with Gasteiger partial charge in [0.2, 0.25) is 0 Å². The Bertz CT molecular complexity index is 394. The van der Waals surface area contributed by atoms with Crippen LogP contribution in [-0.2, 0) is 6.18 Å². The predicted octanol–water partition coefficient (Wildman–Crippen LogP) is 3.31. The lowest BCUT2D eigenvalue weighted by Crippen LogP contribution is -2.28. The molecule has 0 radical (unpaired) electrons. The number of alkyl halides is 3. The smallest absolute Gasteiger partial charge is 0.316 e. The predicted molar refractivity (Wildman–Crippen MR) is 56.2 cm³/mol. The van der Waals surface area contributed by atoms with Crippen molar-refractivity contribution in [3.63, 3.8) is 0 Å². The van der Waals surface area contributed by atoms with Gasteiger partial charge in [-0.2, -0.15) is 13.2 Å². The van der Waals surface area contributed by atoms with Crippen LogP contribution in [0.2, 0.25) is 0 Å². The summed E-state index contributed by atoms with van der Waals surface area (Å²) in [5.74, 6) is -1.16. The Morgan fingerprint density at radius 3 is 2.59 bits per heavy atom. The van der Waals surface area contributed by atoms with E-state index < -0.39 is 17.6 Å². The first-order chi connectivity index (χ1) is 7.98. The van der Waals surface area contributed by atoms with E-state index in [0.29, 0.717) is 12.1 Å². The second kappa shape index (κ2) is 4.64. The molecule has 1 heterocycles. The standard InChI is InChI=1S/C12H13F4N/c13-11-4-3-8(6-10(11)12(14,15)16)9-2-1-5-17-7-9/h3-4,6,9,17H,1-2,5,7H2. The summed E-state index contributed by atoms with van der Waals surface area (Å²) in [5, 5.41) is 3.13. The van der Waals surface area contributed by atoms with Crippen LogP contribution in [-0.4, -0.2) is 13.1 Å². The van der Waals surface area contributed by atoms with Crippen molar-refractivity contribution in [3.8, 4) is 0 Å². The maximum atomic E-state index is 13.1. The highest BCUT2D eigenvalue weighted by Gasteiger charge is 2.34. The molecule has 0 amide bonds. The fourth-order valence-electron chi connectivity index (χ4n) is 2.15. The molecule has 1 nitrogen and oxygen atoms in total. The molecule has 0 aromatic heterocycles. The zero-order valence-electron chi connectivity index (χ0n) is 9.15. The first kappa shape index (κ1) is 12.4. The summed E-state index contributed by atoms with van der Waals surface area (Å²) in [6.45, 7) is 1.55. The SMILES string of the molecule is Fc1ccc(C2CCCNC2)cc1C(F)(F)F. The lowest BCUT2D eigenvalue weighted by molar-refractivity contribution is -0.140. The molecule has 94 valence electrons. The molecule has 5 heteroatoms. The van der Waals surface area contributed by atoms with Gasteiger partial charge in [-0.25, -0.2) is 4.39 Å². The number of halogens is 4. The summed E-state index contributed by atoms with van der Waals surface area (Å²) in [7, 11) is 0. The highest BCUT2D eigenvalue weighted by molar-refractivity contribution is 5.30. The fraction of sp³-hybridized carbons (Fsp3) is 0.500. The van der Waals surface area contributed by atoms with Crippen molar-refractivity contribution in [1.29, 1.82) is 0 Å². The molecule has 17 heavy (non-hydrogen) atoms. The van der Waals surface area contributed by atoms with Gasteiger partial charge in [0.25, 0.3) is 0 Å². The molecular weight excluding hydrogens is 234 g/mol. The van der Waals surface area contributed by atoms with Crippen LogP contribution >= 0.6 is 0 Å². The summed E-state index contributed by atoms with van der Waals surface area (Å²) < 4.78 is 50.7. The van der Waals surface area contributed by atoms with Crippen LogP contribution in [0.1, 0.15) is 29.9 Å². The van der Waals surface area contributed by atoms with Crippen LogP contribution in [0.4, 0.5) is 17.6 Å². The molecule has 1 N–H and O–H groups in total. The molecule has 0 spiro atoms. The molecule has 1 fully saturated rings. The number of piperidine rings is 1. The average Bonchev–Trinajstić information content (AvgIpc) is 2.29. The Hall–Kier alpha value is -1.10. The molecule has 0 saturated carbocycles. The molecule has 1 unspecified atom stereocenters. The third-order valence-corrected chi connectivity index (χ3v) is 3.06. The third kappa shape index (κ3) is 2.77. The molecule has 1 aromatic rings. The van der Waals surface area contributed by atoms with Gasteiger partial charge >= 0.3 is 6.18 Å². The molecule has 1 aliphatic heterocycles. The van der Waals surface area contributed by atoms with Crippen molar-refractivity contribution >= 4 is 0 Å². The first-order valence-electron chi connectivity index (χ1n) is 5.56. The monoisotopic (exact) mass is 247 g/mol. The van der Waals surface area contributed by atoms with Crippen LogP contribution in [0.5, 0.6) is 0 Å². The van der Waals surface area contributed by atoms with Crippen LogP contribution in [0.25, 0.3) is 0 Å². The summed E-state index contributed by atoms with van der Waals surface area (Å²) in [6.07, 6.45) is -2.85. The van der Waals surface area contributed by atoms with E-state index in [2.05, 4.69) is 5.32 Å². The number of nitrogens with one attached hydrogen (secondary N) is 1. The third-order valence-electron chi connectivity index (χ3n) is 3.06. The maximum absolute atomic E-state index is 13.1. The number of rotatable bonds is 1. The Kier molecular flexibility index (Phi) is 3.38. The summed E-state index contributed by atoms with van der Waals surface area (Å²) in [4.78, 5) is 0. The average molecular weight is 247 g/mol. The minimum atomic E-state index is -4.62. The highest BCUT2D eigenvalue weighted by atomic mass is 19.4. The van der Waals surface area contributed by atoms with E-state index in [1.807, 2.05) is 0 Å². The minimum Gasteiger partial charge on any atom is -0.316 e. The molecule has 1 saturated heterocycles. The minimum absolute atomic E-state index is 0.0467. The molecule has 0 aliphatic carbocycles. The summed E-state index contributed by atoms with van der Waals surface area (Å²) >= 11 is 0. The van der Waals surface area contributed by atoms with Gasteiger partial charge in [-0.1, -0.05) is 6.07 Å². The van der Waals surface area contributed by atoms with E-state index in [9.17, 15) is 17.6 Å². The maximum Gasteiger partial charge on any atom is 0.419 e.